The van der Waals surface area contributed by atoms with Gasteiger partial charge in [0.05, 0.1) is 19.8 Å². The van der Waals surface area contributed by atoms with Crippen molar-refractivity contribution in [1.82, 2.24) is 4.90 Å². The summed E-state index contributed by atoms with van der Waals surface area (Å²) in [5, 5.41) is 0. The average Bonchev–Trinajstić information content (AvgIpc) is 3.37. The molecule has 0 radical (unpaired) electrons. The van der Waals surface area contributed by atoms with Gasteiger partial charge in [0, 0.05) is 38.1 Å². The molecule has 0 saturated carbocycles. The topological polar surface area (TPSA) is 99.2 Å². The summed E-state index contributed by atoms with van der Waals surface area (Å²) in [6, 6.07) is -0.0385. The molecule has 1 heterocycles. The Bertz CT molecular complexity index is 724. The molecule has 3 unspecified atom stereocenters. The molecule has 0 spiro atoms. The Labute approximate surface area is 256 Å². The van der Waals surface area contributed by atoms with Crippen molar-refractivity contribution in [2.75, 3.05) is 19.8 Å². The zero-order valence-corrected chi connectivity index (χ0v) is 27.3. The van der Waals surface area contributed by atoms with Crippen LogP contribution in [0, 0.1) is 5.92 Å². The van der Waals surface area contributed by atoms with Gasteiger partial charge in [0.25, 0.3) is 0 Å². The smallest absolute Gasteiger partial charge is 0.410 e. The van der Waals surface area contributed by atoms with Gasteiger partial charge in [-0.25, -0.2) is 4.79 Å². The minimum absolute atomic E-state index is 0.0115. The molecule has 1 fully saturated rings. The number of Topliss-reactive ketones (excluding diaryl/α,β-unsaturated/α-hetero) is 1. The molecule has 0 aromatic carbocycles. The number of hydrogen-bond acceptors (Lipinski definition) is 7. The first-order chi connectivity index (χ1) is 20.3. The predicted molar refractivity (Wildman–Crippen MR) is 166 cm³/mol. The minimum atomic E-state index is -0.444. The van der Waals surface area contributed by atoms with Crippen molar-refractivity contribution in [3.05, 3.63) is 0 Å². The molecule has 1 aliphatic heterocycles. The SMILES string of the molecule is CCCCCCCCCC(=O)CC(CC(=O)OCCCCCCCC)CC(=O)OC1CC(CC)N(C(=O)OCCC)C1. The largest absolute Gasteiger partial charge is 0.466 e. The van der Waals surface area contributed by atoms with Crippen LogP contribution in [-0.4, -0.2) is 60.6 Å². The van der Waals surface area contributed by atoms with E-state index in [1.165, 1.54) is 44.9 Å². The average molecular weight is 596 g/mol. The van der Waals surface area contributed by atoms with Gasteiger partial charge in [-0.1, -0.05) is 98.3 Å². The van der Waals surface area contributed by atoms with Crippen molar-refractivity contribution in [1.29, 1.82) is 0 Å². The van der Waals surface area contributed by atoms with Gasteiger partial charge >= 0.3 is 18.0 Å². The summed E-state index contributed by atoms with van der Waals surface area (Å²) in [4.78, 5) is 52.5. The number of likely N-dealkylation sites (tertiary alicyclic amines) is 1. The Morgan fingerprint density at radius 2 is 1.26 bits per heavy atom. The summed E-state index contributed by atoms with van der Waals surface area (Å²) >= 11 is 0. The van der Waals surface area contributed by atoms with Gasteiger partial charge in [0.15, 0.2) is 0 Å². The van der Waals surface area contributed by atoms with Crippen LogP contribution in [0.25, 0.3) is 0 Å². The Balaban J connectivity index is 2.60. The summed E-state index contributed by atoms with van der Waals surface area (Å²) < 4.78 is 16.5. The summed E-state index contributed by atoms with van der Waals surface area (Å²) in [6.45, 7) is 9.36. The lowest BCUT2D eigenvalue weighted by atomic mass is 9.93. The van der Waals surface area contributed by atoms with Crippen molar-refractivity contribution < 1.29 is 33.4 Å². The normalized spacial score (nSPS) is 17.2. The zero-order valence-electron chi connectivity index (χ0n) is 27.3. The van der Waals surface area contributed by atoms with E-state index in [1.807, 2.05) is 13.8 Å². The molecule has 0 aromatic rings. The summed E-state index contributed by atoms with van der Waals surface area (Å²) in [5.41, 5.74) is 0. The number of ketones is 1. The van der Waals surface area contributed by atoms with E-state index in [1.54, 1.807) is 4.90 Å². The van der Waals surface area contributed by atoms with Gasteiger partial charge in [0.1, 0.15) is 11.9 Å². The van der Waals surface area contributed by atoms with E-state index in [2.05, 4.69) is 13.8 Å². The van der Waals surface area contributed by atoms with E-state index in [0.717, 1.165) is 51.4 Å². The molecule has 1 rings (SSSR count). The fraction of sp³-hybridized carbons (Fsp3) is 0.882. The number of hydrogen-bond donors (Lipinski definition) is 0. The van der Waals surface area contributed by atoms with E-state index in [4.69, 9.17) is 14.2 Å². The summed E-state index contributed by atoms with van der Waals surface area (Å²) in [5.74, 6) is -1.15. The number of carbonyl (C=O) groups is 4. The molecule has 3 atom stereocenters. The van der Waals surface area contributed by atoms with E-state index < -0.39 is 18.0 Å². The third-order valence-corrected chi connectivity index (χ3v) is 8.06. The first-order valence-corrected chi connectivity index (χ1v) is 17.1. The number of nitrogens with zero attached hydrogens (tertiary/aromatic N) is 1. The molecule has 0 aliphatic carbocycles. The molecule has 244 valence electrons. The van der Waals surface area contributed by atoms with Crippen LogP contribution in [0.5, 0.6) is 0 Å². The maximum Gasteiger partial charge on any atom is 0.410 e. The van der Waals surface area contributed by atoms with Crippen molar-refractivity contribution in [2.24, 2.45) is 5.92 Å². The van der Waals surface area contributed by atoms with Gasteiger partial charge in [-0.05, 0) is 31.6 Å². The lowest BCUT2D eigenvalue weighted by Gasteiger charge is -2.22. The maximum atomic E-state index is 13.0. The lowest BCUT2D eigenvalue weighted by molar-refractivity contribution is -0.151. The van der Waals surface area contributed by atoms with Gasteiger partial charge in [0.2, 0.25) is 0 Å². The maximum absolute atomic E-state index is 13.0. The fourth-order valence-electron chi connectivity index (χ4n) is 5.59. The van der Waals surface area contributed by atoms with Gasteiger partial charge in [-0.3, -0.25) is 14.4 Å². The van der Waals surface area contributed by atoms with Crippen LogP contribution in [0.15, 0.2) is 0 Å². The first-order valence-electron chi connectivity index (χ1n) is 17.1. The Morgan fingerprint density at radius 3 is 1.88 bits per heavy atom. The number of unbranched alkanes of at least 4 members (excludes halogenated alkanes) is 11. The second-order valence-corrected chi connectivity index (χ2v) is 12.1. The highest BCUT2D eigenvalue weighted by atomic mass is 16.6. The standard InChI is InChI=1S/C34H61NO7/c1-5-9-11-13-15-16-18-20-30(36)23-28(24-32(37)40-22-19-17-14-12-10-6-2)25-33(38)42-31-26-29(8-4)35(27-31)34(39)41-21-7-3/h28-29,31H,5-27H2,1-4H3. The van der Waals surface area contributed by atoms with Crippen LogP contribution in [-0.2, 0) is 28.6 Å². The van der Waals surface area contributed by atoms with Crippen molar-refractivity contribution in [3.63, 3.8) is 0 Å². The second-order valence-electron chi connectivity index (χ2n) is 12.1. The molecule has 42 heavy (non-hydrogen) atoms. The molecule has 1 aliphatic rings. The molecule has 0 N–H and O–H groups in total. The van der Waals surface area contributed by atoms with Crippen LogP contribution < -0.4 is 0 Å². The number of carbonyl (C=O) groups excluding carboxylic acids is 4. The Morgan fingerprint density at radius 1 is 0.667 bits per heavy atom. The Kier molecular flexibility index (Phi) is 22.0. The van der Waals surface area contributed by atoms with Crippen molar-refractivity contribution in [3.8, 4) is 0 Å². The molecule has 8 nitrogen and oxygen atoms in total. The van der Waals surface area contributed by atoms with Gasteiger partial charge in [-0.2, -0.15) is 0 Å². The highest BCUT2D eigenvalue weighted by molar-refractivity contribution is 5.81. The first kappa shape index (κ1) is 37.9. The fourth-order valence-corrected chi connectivity index (χ4v) is 5.59. The van der Waals surface area contributed by atoms with Crippen LogP contribution in [0.4, 0.5) is 4.79 Å². The van der Waals surface area contributed by atoms with Crippen molar-refractivity contribution in [2.45, 2.75) is 168 Å². The summed E-state index contributed by atoms with van der Waals surface area (Å²) in [7, 11) is 0. The molecular formula is C34H61NO7. The monoisotopic (exact) mass is 595 g/mol. The highest BCUT2D eigenvalue weighted by Gasteiger charge is 2.37. The number of amides is 1. The number of ether oxygens (including phenoxy) is 3. The summed E-state index contributed by atoms with van der Waals surface area (Å²) in [6.07, 6.45) is 16.5. The molecule has 1 saturated heterocycles. The third kappa shape index (κ3) is 17.7. The third-order valence-electron chi connectivity index (χ3n) is 8.06. The van der Waals surface area contributed by atoms with Crippen LogP contribution in [0.3, 0.4) is 0 Å². The molecule has 1 amide bonds. The molecule has 0 aromatic heterocycles. The minimum Gasteiger partial charge on any atom is -0.466 e. The number of rotatable bonds is 25. The van der Waals surface area contributed by atoms with Crippen molar-refractivity contribution >= 4 is 23.8 Å². The van der Waals surface area contributed by atoms with Crippen LogP contribution in [0.2, 0.25) is 0 Å². The van der Waals surface area contributed by atoms with E-state index >= 15 is 0 Å². The van der Waals surface area contributed by atoms with E-state index in [0.29, 0.717) is 32.6 Å². The second kappa shape index (κ2) is 24.3. The quantitative estimate of drug-likeness (QED) is 0.0594. The van der Waals surface area contributed by atoms with Crippen LogP contribution >= 0.6 is 0 Å². The van der Waals surface area contributed by atoms with E-state index in [9.17, 15) is 19.2 Å². The molecule has 8 heteroatoms. The van der Waals surface area contributed by atoms with E-state index in [-0.39, 0.29) is 43.2 Å². The Hall–Kier alpha value is -2.12. The highest BCUT2D eigenvalue weighted by Crippen LogP contribution is 2.26. The molecule has 0 bridgehead atoms. The lowest BCUT2D eigenvalue weighted by Crippen LogP contribution is -2.36. The van der Waals surface area contributed by atoms with Gasteiger partial charge in [-0.15, -0.1) is 0 Å². The number of esters is 2. The predicted octanol–water partition coefficient (Wildman–Crippen LogP) is 8.33. The zero-order chi connectivity index (χ0) is 31.0. The van der Waals surface area contributed by atoms with Crippen LogP contribution in [0.1, 0.15) is 156 Å². The molecular weight excluding hydrogens is 534 g/mol. The van der Waals surface area contributed by atoms with Gasteiger partial charge < -0.3 is 19.1 Å².